The average molecular weight is 495 g/mol. The molecule has 0 aromatic heterocycles. The minimum atomic E-state index is -2.92. The lowest BCUT2D eigenvalue weighted by molar-refractivity contribution is 0.253. The van der Waals surface area contributed by atoms with E-state index in [0.717, 1.165) is 31.4 Å². The lowest BCUT2D eigenvalue weighted by atomic mass is 9.64. The zero-order valence-electron chi connectivity index (χ0n) is 15.0. The van der Waals surface area contributed by atoms with Gasteiger partial charge in [0.25, 0.3) is 0 Å². The van der Waals surface area contributed by atoms with Crippen LogP contribution in [0.25, 0.3) is 0 Å². The highest BCUT2D eigenvalue weighted by molar-refractivity contribution is 14.0. The minimum absolute atomic E-state index is 0. The Kier molecular flexibility index (Phi) is 7.29. The van der Waals surface area contributed by atoms with E-state index >= 15 is 0 Å². The van der Waals surface area contributed by atoms with E-state index < -0.39 is 9.84 Å². The summed E-state index contributed by atoms with van der Waals surface area (Å²) in [5, 5.41) is 6.46. The molecular formula is C18H27FIN3O2S. The van der Waals surface area contributed by atoms with Crippen LogP contribution in [0.15, 0.2) is 29.3 Å². The van der Waals surface area contributed by atoms with Gasteiger partial charge >= 0.3 is 0 Å². The molecule has 8 heteroatoms. The normalized spacial score (nSPS) is 23.6. The van der Waals surface area contributed by atoms with E-state index in [-0.39, 0.29) is 52.8 Å². The molecule has 1 saturated heterocycles. The van der Waals surface area contributed by atoms with Gasteiger partial charge in [0.05, 0.1) is 18.1 Å². The second-order valence-electron chi connectivity index (χ2n) is 7.08. The van der Waals surface area contributed by atoms with Gasteiger partial charge in [0, 0.05) is 18.0 Å². The Morgan fingerprint density at radius 3 is 2.50 bits per heavy atom. The molecule has 1 aromatic carbocycles. The Morgan fingerprint density at radius 1 is 1.31 bits per heavy atom. The first kappa shape index (κ1) is 21.4. The molecule has 26 heavy (non-hydrogen) atoms. The van der Waals surface area contributed by atoms with E-state index in [1.165, 1.54) is 12.1 Å². The zero-order valence-corrected chi connectivity index (χ0v) is 18.1. The van der Waals surface area contributed by atoms with E-state index in [2.05, 4.69) is 10.6 Å². The number of hydrogen-bond donors (Lipinski definition) is 2. The maximum Gasteiger partial charge on any atom is 0.191 e. The summed E-state index contributed by atoms with van der Waals surface area (Å²) in [5.41, 5.74) is 1.10. The van der Waals surface area contributed by atoms with Gasteiger partial charge < -0.3 is 10.6 Å². The summed E-state index contributed by atoms with van der Waals surface area (Å²) in [5.74, 6) is 0.849. The molecule has 0 bridgehead atoms. The first-order valence-corrected chi connectivity index (χ1v) is 10.8. The second-order valence-corrected chi connectivity index (χ2v) is 9.31. The van der Waals surface area contributed by atoms with E-state index in [1.807, 2.05) is 19.1 Å². The molecule has 1 unspecified atom stereocenters. The van der Waals surface area contributed by atoms with E-state index in [9.17, 15) is 12.8 Å². The Hall–Kier alpha value is -0.900. The molecule has 1 aliphatic carbocycles. The highest BCUT2D eigenvalue weighted by Crippen LogP contribution is 2.44. The van der Waals surface area contributed by atoms with Crippen molar-refractivity contribution in [1.29, 1.82) is 0 Å². The van der Waals surface area contributed by atoms with Crippen LogP contribution in [-0.2, 0) is 15.3 Å². The van der Waals surface area contributed by atoms with E-state index in [0.29, 0.717) is 18.9 Å². The quantitative estimate of drug-likeness (QED) is 0.375. The first-order chi connectivity index (χ1) is 11.9. The molecule has 0 spiro atoms. The van der Waals surface area contributed by atoms with Crippen molar-refractivity contribution in [2.24, 2.45) is 4.99 Å². The Bertz CT molecular complexity index is 733. The van der Waals surface area contributed by atoms with Gasteiger partial charge in [-0.2, -0.15) is 0 Å². The fourth-order valence-corrected chi connectivity index (χ4v) is 5.27. The molecular weight excluding hydrogens is 468 g/mol. The number of guanidine groups is 1. The third kappa shape index (κ3) is 5.09. The van der Waals surface area contributed by atoms with Crippen LogP contribution in [0, 0.1) is 5.82 Å². The van der Waals surface area contributed by atoms with Crippen LogP contribution in [0.3, 0.4) is 0 Å². The van der Waals surface area contributed by atoms with Crippen molar-refractivity contribution >= 4 is 39.8 Å². The van der Waals surface area contributed by atoms with Gasteiger partial charge in [0.1, 0.15) is 5.82 Å². The van der Waals surface area contributed by atoms with Gasteiger partial charge in [-0.15, -0.1) is 24.0 Å². The SMILES string of the molecule is CCNC(=NCC1(c2ccc(F)cc2)CCC1)NC1CCS(=O)(=O)C1.I. The Balaban J connectivity index is 0.00000243. The number of hydrogen-bond acceptors (Lipinski definition) is 3. The highest BCUT2D eigenvalue weighted by atomic mass is 127. The molecule has 146 valence electrons. The van der Waals surface area contributed by atoms with Crippen LogP contribution in [0.2, 0.25) is 0 Å². The summed E-state index contributed by atoms with van der Waals surface area (Å²) in [7, 11) is -2.92. The molecule has 2 aliphatic rings. The molecule has 5 nitrogen and oxygen atoms in total. The molecule has 2 fully saturated rings. The van der Waals surface area contributed by atoms with Gasteiger partial charge in [-0.25, -0.2) is 12.8 Å². The zero-order chi connectivity index (χ0) is 17.9. The molecule has 1 saturated carbocycles. The number of benzene rings is 1. The third-order valence-corrected chi connectivity index (χ3v) is 6.99. The van der Waals surface area contributed by atoms with Crippen LogP contribution >= 0.6 is 24.0 Å². The van der Waals surface area contributed by atoms with Crippen molar-refractivity contribution in [3.05, 3.63) is 35.6 Å². The molecule has 1 atom stereocenters. The maximum atomic E-state index is 13.2. The predicted octanol–water partition coefficient (Wildman–Crippen LogP) is 2.61. The third-order valence-electron chi connectivity index (χ3n) is 5.22. The second kappa shape index (κ2) is 8.86. The Labute approximate surface area is 172 Å². The average Bonchev–Trinajstić information content (AvgIpc) is 2.87. The van der Waals surface area contributed by atoms with Crippen molar-refractivity contribution < 1.29 is 12.8 Å². The van der Waals surface area contributed by atoms with E-state index in [1.54, 1.807) is 0 Å². The monoisotopic (exact) mass is 495 g/mol. The van der Waals surface area contributed by atoms with E-state index in [4.69, 9.17) is 4.99 Å². The van der Waals surface area contributed by atoms with Gasteiger partial charge in [0.2, 0.25) is 0 Å². The topological polar surface area (TPSA) is 70.6 Å². The number of nitrogens with one attached hydrogen (secondary N) is 2. The number of halogens is 2. The number of rotatable bonds is 5. The molecule has 0 amide bonds. The summed E-state index contributed by atoms with van der Waals surface area (Å²) < 4.78 is 36.5. The maximum absolute atomic E-state index is 13.2. The van der Waals surface area contributed by atoms with Crippen molar-refractivity contribution in [3.63, 3.8) is 0 Å². The summed E-state index contributed by atoms with van der Waals surface area (Å²) in [4.78, 5) is 4.72. The molecule has 3 rings (SSSR count). The molecule has 1 aliphatic heterocycles. The van der Waals surface area contributed by atoms with Crippen LogP contribution in [0.5, 0.6) is 0 Å². The van der Waals surface area contributed by atoms with Gasteiger partial charge in [-0.3, -0.25) is 4.99 Å². The molecule has 2 N–H and O–H groups in total. The van der Waals surface area contributed by atoms with Crippen molar-refractivity contribution in [1.82, 2.24) is 10.6 Å². The van der Waals surface area contributed by atoms with Gasteiger partial charge in [0.15, 0.2) is 15.8 Å². The van der Waals surface area contributed by atoms with Crippen LogP contribution in [0.4, 0.5) is 4.39 Å². The van der Waals surface area contributed by atoms with Gasteiger partial charge in [-0.1, -0.05) is 18.6 Å². The Morgan fingerprint density at radius 2 is 2.00 bits per heavy atom. The number of aliphatic imine (C=N–C) groups is 1. The summed E-state index contributed by atoms with van der Waals surface area (Å²) in [6, 6.07) is 6.64. The molecule has 1 aromatic rings. The number of sulfone groups is 1. The first-order valence-electron chi connectivity index (χ1n) is 8.94. The van der Waals surface area contributed by atoms with Gasteiger partial charge in [-0.05, 0) is 43.9 Å². The minimum Gasteiger partial charge on any atom is -0.357 e. The van der Waals surface area contributed by atoms with Crippen LogP contribution in [0.1, 0.15) is 38.2 Å². The largest absolute Gasteiger partial charge is 0.357 e. The number of nitrogens with zero attached hydrogens (tertiary/aromatic N) is 1. The van der Waals surface area contributed by atoms with Crippen LogP contribution in [-0.4, -0.2) is 45.0 Å². The standard InChI is InChI=1S/C18H26FN3O2S.HI/c1-2-20-17(22-16-8-11-25(23,24)12-16)21-13-18(9-3-10-18)14-4-6-15(19)7-5-14;/h4-7,16H,2-3,8-13H2,1H3,(H2,20,21,22);1H. The smallest absolute Gasteiger partial charge is 0.191 e. The van der Waals surface area contributed by atoms with Crippen LogP contribution < -0.4 is 10.6 Å². The van der Waals surface area contributed by atoms with Crippen molar-refractivity contribution in [3.8, 4) is 0 Å². The summed E-state index contributed by atoms with van der Waals surface area (Å²) in [6.45, 7) is 3.32. The lowest BCUT2D eigenvalue weighted by Crippen LogP contribution is -2.45. The summed E-state index contributed by atoms with van der Waals surface area (Å²) in [6.07, 6.45) is 3.85. The predicted molar refractivity (Wildman–Crippen MR) is 114 cm³/mol. The summed E-state index contributed by atoms with van der Waals surface area (Å²) >= 11 is 0. The van der Waals surface area contributed by atoms with Crippen molar-refractivity contribution in [2.45, 2.75) is 44.1 Å². The highest BCUT2D eigenvalue weighted by Gasteiger charge is 2.38. The molecule has 0 radical (unpaired) electrons. The fraction of sp³-hybridized carbons (Fsp3) is 0.611. The van der Waals surface area contributed by atoms with Crippen molar-refractivity contribution in [2.75, 3.05) is 24.6 Å². The lowest BCUT2D eigenvalue weighted by Gasteiger charge is -2.41. The fourth-order valence-electron chi connectivity index (χ4n) is 3.60. The molecule has 1 heterocycles.